The fourth-order valence-electron chi connectivity index (χ4n) is 1.67. The summed E-state index contributed by atoms with van der Waals surface area (Å²) < 4.78 is 3.09. The maximum atomic E-state index is 11.9. The highest BCUT2D eigenvalue weighted by Gasteiger charge is 2.42. The summed E-state index contributed by atoms with van der Waals surface area (Å²) in [5.74, 6) is 0.00789. The molecule has 1 aliphatic rings. The van der Waals surface area contributed by atoms with Crippen molar-refractivity contribution in [3.63, 3.8) is 0 Å². The zero-order chi connectivity index (χ0) is 11.8. The first-order chi connectivity index (χ1) is 7.56. The summed E-state index contributed by atoms with van der Waals surface area (Å²) in [6, 6.07) is 1.84. The smallest absolute Gasteiger partial charge is 0.267 e. The molecule has 1 heterocycles. The summed E-state index contributed by atoms with van der Waals surface area (Å²) in [6.07, 6.45) is 6.42. The van der Waals surface area contributed by atoms with Gasteiger partial charge in [0.25, 0.3) is 5.91 Å². The maximum Gasteiger partial charge on any atom is 0.267 e. The number of carbonyl (C=O) groups is 1. The van der Waals surface area contributed by atoms with Crippen LogP contribution in [0.15, 0.2) is 16.7 Å². The Balaban J connectivity index is 1.96. The molecule has 1 aliphatic carbocycles. The average Bonchev–Trinajstić information content (AvgIpc) is 2.96. The van der Waals surface area contributed by atoms with Crippen LogP contribution in [0.1, 0.15) is 23.3 Å². The van der Waals surface area contributed by atoms with E-state index in [1.807, 2.05) is 35.6 Å². The molecule has 1 aromatic rings. The van der Waals surface area contributed by atoms with Crippen LogP contribution in [-0.4, -0.2) is 28.0 Å². The number of hydrogen-bond acceptors (Lipinski definition) is 2. The number of amides is 1. The number of carbonyl (C=O) groups excluding carboxylic acids is 1. The van der Waals surface area contributed by atoms with E-state index in [9.17, 15) is 4.79 Å². The van der Waals surface area contributed by atoms with Crippen LogP contribution in [0.4, 0.5) is 0 Å². The van der Waals surface area contributed by atoms with Gasteiger partial charge in [-0.3, -0.25) is 4.79 Å². The van der Waals surface area contributed by atoms with E-state index in [0.717, 1.165) is 11.0 Å². The lowest BCUT2D eigenvalue weighted by atomic mass is 10.3. The average molecular weight is 303 g/mol. The van der Waals surface area contributed by atoms with E-state index in [4.69, 9.17) is 0 Å². The van der Waals surface area contributed by atoms with Crippen LogP contribution in [0.5, 0.6) is 0 Å². The lowest BCUT2D eigenvalue weighted by Crippen LogP contribution is -2.32. The zero-order valence-electron chi connectivity index (χ0n) is 9.42. The second kappa shape index (κ2) is 4.45. The quantitative estimate of drug-likeness (QED) is 0.927. The van der Waals surface area contributed by atoms with Gasteiger partial charge in [-0.2, -0.15) is 11.8 Å². The van der Waals surface area contributed by atoms with E-state index >= 15 is 0 Å². The first-order valence-corrected chi connectivity index (χ1v) is 7.23. The molecular weight excluding hydrogens is 288 g/mol. The third-order valence-corrected chi connectivity index (χ3v) is 4.87. The summed E-state index contributed by atoms with van der Waals surface area (Å²) in [5.41, 5.74) is 0.698. The molecule has 0 bridgehead atoms. The van der Waals surface area contributed by atoms with Crippen molar-refractivity contribution in [2.45, 2.75) is 17.6 Å². The minimum Gasteiger partial charge on any atom is -0.349 e. The molecule has 0 aliphatic heterocycles. The Morgan fingerprint density at radius 2 is 2.38 bits per heavy atom. The Bertz CT molecular complexity index is 412. The molecule has 0 saturated heterocycles. The summed E-state index contributed by atoms with van der Waals surface area (Å²) in [5, 5.41) is 3.01. The molecule has 1 amide bonds. The van der Waals surface area contributed by atoms with Crippen molar-refractivity contribution >= 4 is 33.6 Å². The Hall–Kier alpha value is -0.420. The van der Waals surface area contributed by atoms with Crippen molar-refractivity contribution in [1.82, 2.24) is 9.88 Å². The number of nitrogens with zero attached hydrogens (tertiary/aromatic N) is 1. The first-order valence-electron chi connectivity index (χ1n) is 5.21. The van der Waals surface area contributed by atoms with Gasteiger partial charge in [0.15, 0.2) is 0 Å². The maximum absolute atomic E-state index is 11.9. The van der Waals surface area contributed by atoms with E-state index in [2.05, 4.69) is 27.5 Å². The molecule has 0 unspecified atom stereocenters. The minimum atomic E-state index is 0.00789. The molecule has 0 atom stereocenters. The number of aromatic nitrogens is 1. The molecule has 1 aromatic heterocycles. The van der Waals surface area contributed by atoms with Gasteiger partial charge in [0.2, 0.25) is 0 Å². The molecule has 1 saturated carbocycles. The molecule has 88 valence electrons. The van der Waals surface area contributed by atoms with Gasteiger partial charge in [0.1, 0.15) is 5.69 Å². The molecule has 1 fully saturated rings. The largest absolute Gasteiger partial charge is 0.349 e. The SMILES string of the molecule is CSC1(CNC(=O)c2cc(Br)cn2C)CC1. The third kappa shape index (κ3) is 2.46. The summed E-state index contributed by atoms with van der Waals surface area (Å²) in [4.78, 5) is 11.9. The fraction of sp³-hybridized carbons (Fsp3) is 0.545. The molecule has 0 aromatic carbocycles. The number of halogens is 1. The van der Waals surface area contributed by atoms with Crippen molar-refractivity contribution in [2.75, 3.05) is 12.8 Å². The number of hydrogen-bond donors (Lipinski definition) is 1. The molecule has 2 rings (SSSR count). The zero-order valence-corrected chi connectivity index (χ0v) is 11.8. The van der Waals surface area contributed by atoms with Gasteiger partial charge in [-0.1, -0.05) is 0 Å². The second-order valence-corrected chi connectivity index (χ2v) is 6.41. The Kier molecular flexibility index (Phi) is 3.35. The lowest BCUT2D eigenvalue weighted by Gasteiger charge is -2.13. The molecule has 5 heteroatoms. The highest BCUT2D eigenvalue weighted by molar-refractivity contribution is 9.10. The normalized spacial score (nSPS) is 17.2. The van der Waals surface area contributed by atoms with Crippen molar-refractivity contribution in [3.8, 4) is 0 Å². The van der Waals surface area contributed by atoms with Crippen LogP contribution in [0.25, 0.3) is 0 Å². The molecule has 16 heavy (non-hydrogen) atoms. The van der Waals surface area contributed by atoms with Gasteiger partial charge >= 0.3 is 0 Å². The molecular formula is C11H15BrN2OS. The van der Waals surface area contributed by atoms with E-state index in [-0.39, 0.29) is 5.91 Å². The minimum absolute atomic E-state index is 0.00789. The van der Waals surface area contributed by atoms with Gasteiger partial charge in [-0.05, 0) is 41.1 Å². The highest BCUT2D eigenvalue weighted by atomic mass is 79.9. The number of nitrogens with one attached hydrogen (secondary N) is 1. The van der Waals surface area contributed by atoms with Gasteiger partial charge in [-0.25, -0.2) is 0 Å². The Morgan fingerprint density at radius 1 is 1.69 bits per heavy atom. The third-order valence-electron chi connectivity index (χ3n) is 3.02. The number of aryl methyl sites for hydroxylation is 1. The Morgan fingerprint density at radius 3 is 2.81 bits per heavy atom. The van der Waals surface area contributed by atoms with Gasteiger partial charge in [0.05, 0.1) is 0 Å². The Labute approximate surface area is 108 Å². The van der Waals surface area contributed by atoms with Crippen molar-refractivity contribution in [1.29, 1.82) is 0 Å². The van der Waals surface area contributed by atoms with Crippen LogP contribution in [0.2, 0.25) is 0 Å². The standard InChI is InChI=1S/C11H15BrN2OS/c1-14-6-8(12)5-9(14)10(15)13-7-11(16-2)3-4-11/h5-6H,3-4,7H2,1-2H3,(H,13,15). The molecule has 1 N–H and O–H groups in total. The van der Waals surface area contributed by atoms with Gasteiger partial charge in [0, 0.05) is 29.0 Å². The van der Waals surface area contributed by atoms with E-state index in [0.29, 0.717) is 10.4 Å². The van der Waals surface area contributed by atoms with Crippen molar-refractivity contribution in [2.24, 2.45) is 7.05 Å². The van der Waals surface area contributed by atoms with E-state index < -0.39 is 0 Å². The lowest BCUT2D eigenvalue weighted by molar-refractivity contribution is 0.0945. The van der Waals surface area contributed by atoms with Crippen LogP contribution < -0.4 is 5.32 Å². The summed E-state index contributed by atoms with van der Waals surface area (Å²) in [7, 11) is 1.88. The number of rotatable bonds is 4. The van der Waals surface area contributed by atoms with Crippen LogP contribution in [-0.2, 0) is 7.05 Å². The first kappa shape index (κ1) is 12.0. The van der Waals surface area contributed by atoms with Crippen molar-refractivity contribution in [3.05, 3.63) is 22.4 Å². The van der Waals surface area contributed by atoms with Crippen LogP contribution >= 0.6 is 27.7 Å². The number of thioether (sulfide) groups is 1. The van der Waals surface area contributed by atoms with Gasteiger partial charge < -0.3 is 9.88 Å². The molecule has 3 nitrogen and oxygen atoms in total. The molecule has 0 radical (unpaired) electrons. The van der Waals surface area contributed by atoms with Gasteiger partial charge in [-0.15, -0.1) is 0 Å². The van der Waals surface area contributed by atoms with E-state index in [1.165, 1.54) is 12.8 Å². The predicted molar refractivity (Wildman–Crippen MR) is 70.9 cm³/mol. The van der Waals surface area contributed by atoms with Crippen LogP contribution in [0.3, 0.4) is 0 Å². The second-order valence-electron chi connectivity index (χ2n) is 4.22. The predicted octanol–water partition coefficient (Wildman–Crippen LogP) is 2.41. The summed E-state index contributed by atoms with van der Waals surface area (Å²) in [6.45, 7) is 0.774. The fourth-order valence-corrected chi connectivity index (χ4v) is 2.93. The molecule has 0 spiro atoms. The monoisotopic (exact) mass is 302 g/mol. The van der Waals surface area contributed by atoms with E-state index in [1.54, 1.807) is 0 Å². The van der Waals surface area contributed by atoms with Crippen LogP contribution in [0, 0.1) is 0 Å². The highest BCUT2D eigenvalue weighted by Crippen LogP contribution is 2.46. The van der Waals surface area contributed by atoms with Crippen molar-refractivity contribution < 1.29 is 4.79 Å². The summed E-state index contributed by atoms with van der Waals surface area (Å²) >= 11 is 5.22. The topological polar surface area (TPSA) is 34.0 Å².